The zero-order chi connectivity index (χ0) is 13.8. The molecular formula is C15H14BrFO2. The SMILES string of the molecule is COc1ccc(CC(O)c2ccc(F)cc2Br)cc1. The molecule has 19 heavy (non-hydrogen) atoms. The molecule has 0 fully saturated rings. The number of methoxy groups -OCH3 is 1. The number of aliphatic hydroxyl groups is 1. The zero-order valence-electron chi connectivity index (χ0n) is 10.4. The quantitative estimate of drug-likeness (QED) is 0.925. The Bertz CT molecular complexity index is 555. The summed E-state index contributed by atoms with van der Waals surface area (Å²) in [5, 5.41) is 10.2. The van der Waals surface area contributed by atoms with Crippen LogP contribution in [0.2, 0.25) is 0 Å². The Morgan fingerprint density at radius 1 is 1.21 bits per heavy atom. The number of benzene rings is 2. The lowest BCUT2D eigenvalue weighted by Crippen LogP contribution is -2.03. The Labute approximate surface area is 120 Å². The van der Waals surface area contributed by atoms with E-state index in [-0.39, 0.29) is 5.82 Å². The van der Waals surface area contributed by atoms with Crippen molar-refractivity contribution < 1.29 is 14.2 Å². The first-order valence-corrected chi connectivity index (χ1v) is 6.65. The van der Waals surface area contributed by atoms with Crippen LogP contribution in [0.15, 0.2) is 46.9 Å². The third kappa shape index (κ3) is 3.55. The minimum absolute atomic E-state index is 0.327. The van der Waals surface area contributed by atoms with Crippen LogP contribution in [0.3, 0.4) is 0 Å². The molecule has 0 aliphatic rings. The molecule has 100 valence electrons. The average molecular weight is 325 g/mol. The van der Waals surface area contributed by atoms with Gasteiger partial charge in [0.2, 0.25) is 0 Å². The van der Waals surface area contributed by atoms with E-state index in [1.165, 1.54) is 12.1 Å². The van der Waals surface area contributed by atoms with Gasteiger partial charge in [0.15, 0.2) is 0 Å². The van der Waals surface area contributed by atoms with Crippen LogP contribution >= 0.6 is 15.9 Å². The lowest BCUT2D eigenvalue weighted by Gasteiger charge is -2.13. The van der Waals surface area contributed by atoms with Crippen molar-refractivity contribution in [3.05, 3.63) is 63.9 Å². The first-order chi connectivity index (χ1) is 9.10. The maximum Gasteiger partial charge on any atom is 0.124 e. The summed E-state index contributed by atoms with van der Waals surface area (Å²) >= 11 is 3.26. The fourth-order valence-electron chi connectivity index (χ4n) is 1.87. The summed E-state index contributed by atoms with van der Waals surface area (Å²) in [4.78, 5) is 0. The standard InChI is InChI=1S/C15H14BrFO2/c1-19-12-5-2-10(3-6-12)8-15(18)13-7-4-11(17)9-14(13)16/h2-7,9,15,18H,8H2,1H3. The largest absolute Gasteiger partial charge is 0.497 e. The van der Waals surface area contributed by atoms with Gasteiger partial charge in [0.05, 0.1) is 13.2 Å². The molecule has 0 heterocycles. The van der Waals surface area contributed by atoms with Crippen molar-refractivity contribution in [1.29, 1.82) is 0 Å². The number of halogens is 2. The number of rotatable bonds is 4. The summed E-state index contributed by atoms with van der Waals surface area (Å²) in [6, 6.07) is 11.8. The van der Waals surface area contributed by atoms with Gasteiger partial charge in [-0.3, -0.25) is 0 Å². The van der Waals surface area contributed by atoms with Gasteiger partial charge in [-0.15, -0.1) is 0 Å². The number of hydrogen-bond donors (Lipinski definition) is 1. The monoisotopic (exact) mass is 324 g/mol. The maximum atomic E-state index is 13.0. The van der Waals surface area contributed by atoms with Crippen molar-refractivity contribution in [2.24, 2.45) is 0 Å². The molecule has 0 radical (unpaired) electrons. The van der Waals surface area contributed by atoms with Crippen LogP contribution in [-0.2, 0) is 6.42 Å². The Morgan fingerprint density at radius 2 is 1.89 bits per heavy atom. The number of hydrogen-bond acceptors (Lipinski definition) is 2. The summed E-state index contributed by atoms with van der Waals surface area (Å²) in [5.74, 6) is 0.452. The van der Waals surface area contributed by atoms with Gasteiger partial charge in [-0.05, 0) is 35.4 Å². The predicted octanol–water partition coefficient (Wildman–Crippen LogP) is 3.87. The van der Waals surface area contributed by atoms with Crippen LogP contribution in [0, 0.1) is 5.82 Å². The van der Waals surface area contributed by atoms with Crippen molar-refractivity contribution in [3.63, 3.8) is 0 Å². The predicted molar refractivity (Wildman–Crippen MR) is 75.8 cm³/mol. The van der Waals surface area contributed by atoms with E-state index in [2.05, 4.69) is 15.9 Å². The van der Waals surface area contributed by atoms with Gasteiger partial charge in [-0.2, -0.15) is 0 Å². The first kappa shape index (κ1) is 14.0. The first-order valence-electron chi connectivity index (χ1n) is 5.86. The van der Waals surface area contributed by atoms with E-state index in [9.17, 15) is 9.50 Å². The van der Waals surface area contributed by atoms with Crippen LogP contribution in [0.5, 0.6) is 5.75 Å². The van der Waals surface area contributed by atoms with Gasteiger partial charge in [0, 0.05) is 10.9 Å². The topological polar surface area (TPSA) is 29.5 Å². The molecule has 2 rings (SSSR count). The van der Waals surface area contributed by atoms with Gasteiger partial charge in [0.25, 0.3) is 0 Å². The Kier molecular flexibility index (Phi) is 4.56. The second kappa shape index (κ2) is 6.17. The number of ether oxygens (including phenoxy) is 1. The van der Waals surface area contributed by atoms with Gasteiger partial charge < -0.3 is 9.84 Å². The molecule has 2 aromatic rings. The highest BCUT2D eigenvalue weighted by Gasteiger charge is 2.12. The fraction of sp³-hybridized carbons (Fsp3) is 0.200. The zero-order valence-corrected chi connectivity index (χ0v) is 12.0. The van der Waals surface area contributed by atoms with Crippen LogP contribution in [0.1, 0.15) is 17.2 Å². The third-order valence-corrected chi connectivity index (χ3v) is 3.60. The minimum atomic E-state index is -0.677. The van der Waals surface area contributed by atoms with E-state index < -0.39 is 6.10 Å². The molecular weight excluding hydrogens is 311 g/mol. The smallest absolute Gasteiger partial charge is 0.124 e. The molecule has 0 bridgehead atoms. The molecule has 0 aliphatic carbocycles. The van der Waals surface area contributed by atoms with E-state index in [1.54, 1.807) is 13.2 Å². The van der Waals surface area contributed by atoms with E-state index in [1.807, 2.05) is 24.3 Å². The molecule has 2 aromatic carbocycles. The van der Waals surface area contributed by atoms with Gasteiger partial charge in [-0.25, -0.2) is 4.39 Å². The van der Waals surface area contributed by atoms with Gasteiger partial charge >= 0.3 is 0 Å². The van der Waals surface area contributed by atoms with Crippen molar-refractivity contribution in [3.8, 4) is 5.75 Å². The fourth-order valence-corrected chi connectivity index (χ4v) is 2.48. The second-order valence-corrected chi connectivity index (χ2v) is 5.09. The lowest BCUT2D eigenvalue weighted by molar-refractivity contribution is 0.177. The molecule has 0 aromatic heterocycles. The van der Waals surface area contributed by atoms with Crippen LogP contribution in [-0.4, -0.2) is 12.2 Å². The molecule has 0 amide bonds. The molecule has 1 N–H and O–H groups in total. The lowest BCUT2D eigenvalue weighted by atomic mass is 10.0. The summed E-state index contributed by atoms with van der Waals surface area (Å²) < 4.78 is 18.7. The van der Waals surface area contributed by atoms with Crippen molar-refractivity contribution in [2.75, 3.05) is 7.11 Å². The highest BCUT2D eigenvalue weighted by atomic mass is 79.9. The molecule has 0 saturated carbocycles. The van der Waals surface area contributed by atoms with E-state index in [0.717, 1.165) is 11.3 Å². The van der Waals surface area contributed by atoms with Gasteiger partial charge in [-0.1, -0.05) is 34.1 Å². The Hall–Kier alpha value is -1.39. The van der Waals surface area contributed by atoms with E-state index >= 15 is 0 Å². The Balaban J connectivity index is 2.13. The number of aliphatic hydroxyl groups excluding tert-OH is 1. The highest BCUT2D eigenvalue weighted by molar-refractivity contribution is 9.10. The maximum absolute atomic E-state index is 13.0. The summed E-state index contributed by atoms with van der Waals surface area (Å²) in [5.41, 5.74) is 1.67. The molecule has 1 atom stereocenters. The molecule has 0 saturated heterocycles. The van der Waals surface area contributed by atoms with Crippen LogP contribution < -0.4 is 4.74 Å². The summed E-state index contributed by atoms with van der Waals surface area (Å²) in [7, 11) is 1.61. The molecule has 1 unspecified atom stereocenters. The van der Waals surface area contributed by atoms with E-state index in [4.69, 9.17) is 4.74 Å². The van der Waals surface area contributed by atoms with Crippen LogP contribution in [0.4, 0.5) is 4.39 Å². The second-order valence-electron chi connectivity index (χ2n) is 4.23. The van der Waals surface area contributed by atoms with E-state index in [0.29, 0.717) is 16.5 Å². The van der Waals surface area contributed by atoms with Gasteiger partial charge in [0.1, 0.15) is 11.6 Å². The van der Waals surface area contributed by atoms with Crippen LogP contribution in [0.25, 0.3) is 0 Å². The summed E-state index contributed by atoms with van der Waals surface area (Å²) in [6.07, 6.45) is -0.211. The van der Waals surface area contributed by atoms with Crippen molar-refractivity contribution in [1.82, 2.24) is 0 Å². The summed E-state index contributed by atoms with van der Waals surface area (Å²) in [6.45, 7) is 0. The molecule has 0 aliphatic heterocycles. The molecule has 0 spiro atoms. The average Bonchev–Trinajstić information content (AvgIpc) is 2.39. The third-order valence-electron chi connectivity index (χ3n) is 2.91. The Morgan fingerprint density at radius 3 is 2.47 bits per heavy atom. The molecule has 2 nitrogen and oxygen atoms in total. The normalized spacial score (nSPS) is 12.2. The van der Waals surface area contributed by atoms with Crippen molar-refractivity contribution >= 4 is 15.9 Å². The highest BCUT2D eigenvalue weighted by Crippen LogP contribution is 2.27. The van der Waals surface area contributed by atoms with Crippen molar-refractivity contribution in [2.45, 2.75) is 12.5 Å². The molecule has 4 heteroatoms. The minimum Gasteiger partial charge on any atom is -0.497 e.